The zero-order valence-electron chi connectivity index (χ0n) is 8.43. The first kappa shape index (κ1) is 14.4. The highest BCUT2D eigenvalue weighted by molar-refractivity contribution is 7.80. The lowest BCUT2D eigenvalue weighted by Crippen LogP contribution is -2.43. The summed E-state index contributed by atoms with van der Waals surface area (Å²) in [5.74, 6) is -0.806. The lowest BCUT2D eigenvalue weighted by atomic mass is 10.3. The van der Waals surface area contributed by atoms with Crippen LogP contribution in [0.1, 0.15) is 0 Å². The Morgan fingerprint density at radius 3 is 2.80 bits per heavy atom. The first-order valence-electron chi connectivity index (χ1n) is 4.55. The molecule has 0 fully saturated rings. The van der Waals surface area contributed by atoms with Crippen molar-refractivity contribution in [2.75, 3.05) is 25.5 Å². The lowest BCUT2D eigenvalue weighted by Gasteiger charge is -2.15. The third kappa shape index (κ3) is 7.38. The predicted octanol–water partition coefficient (Wildman–Crippen LogP) is -0.478. The standard InChI is InChI=1S/C9H17NO4S/c1-2-3-14-5-7(11)4-10-8(6-15)9(12)13/h2,7-8,10-11,15H,1,3-6H2,(H,12,13). The van der Waals surface area contributed by atoms with Gasteiger partial charge in [0.15, 0.2) is 0 Å². The molecule has 0 aromatic heterocycles. The molecule has 0 rings (SSSR count). The van der Waals surface area contributed by atoms with E-state index in [9.17, 15) is 9.90 Å². The highest BCUT2D eigenvalue weighted by Gasteiger charge is 2.15. The molecule has 0 aliphatic rings. The Balaban J connectivity index is 3.63. The van der Waals surface area contributed by atoms with E-state index >= 15 is 0 Å². The molecule has 0 aliphatic heterocycles. The summed E-state index contributed by atoms with van der Waals surface area (Å²) in [6.07, 6.45) is 0.847. The molecule has 0 amide bonds. The maximum absolute atomic E-state index is 10.6. The van der Waals surface area contributed by atoms with E-state index in [1.807, 2.05) is 0 Å². The van der Waals surface area contributed by atoms with E-state index in [1.165, 1.54) is 0 Å². The molecular weight excluding hydrogens is 218 g/mol. The number of thiol groups is 1. The highest BCUT2D eigenvalue weighted by atomic mass is 32.1. The minimum atomic E-state index is -0.982. The van der Waals surface area contributed by atoms with Crippen LogP contribution in [0.25, 0.3) is 0 Å². The van der Waals surface area contributed by atoms with Gasteiger partial charge < -0.3 is 20.3 Å². The Hall–Kier alpha value is -0.560. The van der Waals surface area contributed by atoms with E-state index in [2.05, 4.69) is 24.5 Å². The molecule has 0 radical (unpaired) electrons. The van der Waals surface area contributed by atoms with Gasteiger partial charge in [0.05, 0.1) is 19.3 Å². The summed E-state index contributed by atoms with van der Waals surface area (Å²) in [6.45, 7) is 4.14. The summed E-state index contributed by atoms with van der Waals surface area (Å²) in [5, 5.41) is 20.7. The Morgan fingerprint density at radius 2 is 2.33 bits per heavy atom. The van der Waals surface area contributed by atoms with Gasteiger partial charge in [0.1, 0.15) is 6.04 Å². The number of ether oxygens (including phenoxy) is 1. The molecule has 5 nitrogen and oxygen atoms in total. The molecule has 0 saturated heterocycles. The number of hydrogen-bond acceptors (Lipinski definition) is 5. The molecule has 0 bridgehead atoms. The van der Waals surface area contributed by atoms with Crippen molar-refractivity contribution < 1.29 is 19.7 Å². The average Bonchev–Trinajstić information content (AvgIpc) is 2.18. The van der Waals surface area contributed by atoms with E-state index in [-0.39, 0.29) is 18.9 Å². The largest absolute Gasteiger partial charge is 0.480 e. The van der Waals surface area contributed by atoms with Gasteiger partial charge in [-0.1, -0.05) is 6.08 Å². The fourth-order valence-electron chi connectivity index (χ4n) is 0.855. The summed E-state index contributed by atoms with van der Waals surface area (Å²) in [7, 11) is 0. The number of aliphatic hydroxyl groups is 1. The van der Waals surface area contributed by atoms with Crippen LogP contribution < -0.4 is 5.32 Å². The third-order valence-electron chi connectivity index (χ3n) is 1.63. The normalized spacial score (nSPS) is 14.5. The first-order valence-corrected chi connectivity index (χ1v) is 5.18. The fraction of sp³-hybridized carbons (Fsp3) is 0.667. The van der Waals surface area contributed by atoms with Gasteiger partial charge in [-0.2, -0.15) is 12.6 Å². The van der Waals surface area contributed by atoms with Crippen LogP contribution >= 0.6 is 12.6 Å². The summed E-state index contributed by atoms with van der Waals surface area (Å²) in [6, 6.07) is -0.748. The minimum Gasteiger partial charge on any atom is -0.480 e. The van der Waals surface area contributed by atoms with Crippen LogP contribution in [-0.4, -0.2) is 53.8 Å². The number of carboxylic acid groups (broad SMARTS) is 1. The Morgan fingerprint density at radius 1 is 1.67 bits per heavy atom. The fourth-order valence-corrected chi connectivity index (χ4v) is 1.14. The number of rotatable bonds is 9. The molecule has 0 aromatic rings. The molecule has 0 aliphatic carbocycles. The monoisotopic (exact) mass is 235 g/mol. The van der Waals surface area contributed by atoms with Gasteiger partial charge in [-0.05, 0) is 0 Å². The number of nitrogens with one attached hydrogen (secondary N) is 1. The summed E-state index contributed by atoms with van der Waals surface area (Å²) < 4.78 is 5.00. The Bertz CT molecular complexity index is 201. The number of aliphatic carboxylic acids is 1. The number of carboxylic acids is 1. The summed E-state index contributed by atoms with van der Waals surface area (Å²) in [5.41, 5.74) is 0. The summed E-state index contributed by atoms with van der Waals surface area (Å²) >= 11 is 3.87. The average molecular weight is 235 g/mol. The van der Waals surface area contributed by atoms with Gasteiger partial charge >= 0.3 is 5.97 Å². The third-order valence-corrected chi connectivity index (χ3v) is 1.99. The topological polar surface area (TPSA) is 78.8 Å². The van der Waals surface area contributed by atoms with Crippen molar-refractivity contribution in [2.24, 2.45) is 0 Å². The molecule has 0 saturated carbocycles. The first-order chi connectivity index (χ1) is 7.11. The maximum atomic E-state index is 10.6. The van der Waals surface area contributed by atoms with Gasteiger partial charge in [0, 0.05) is 12.3 Å². The number of aliphatic hydroxyl groups excluding tert-OH is 1. The van der Waals surface area contributed by atoms with E-state index in [0.29, 0.717) is 6.61 Å². The van der Waals surface area contributed by atoms with Crippen molar-refractivity contribution in [3.05, 3.63) is 12.7 Å². The molecule has 0 spiro atoms. The van der Waals surface area contributed by atoms with Crippen LogP contribution in [0.3, 0.4) is 0 Å². The SMILES string of the molecule is C=CCOCC(O)CNC(CS)C(=O)O. The van der Waals surface area contributed by atoms with Gasteiger partial charge in [-0.15, -0.1) is 6.58 Å². The van der Waals surface area contributed by atoms with Crippen molar-refractivity contribution in [1.29, 1.82) is 0 Å². The molecule has 6 heteroatoms. The van der Waals surface area contributed by atoms with E-state index in [4.69, 9.17) is 9.84 Å². The highest BCUT2D eigenvalue weighted by Crippen LogP contribution is 1.90. The Kier molecular flexibility index (Phi) is 8.40. The summed E-state index contributed by atoms with van der Waals surface area (Å²) in [4.78, 5) is 10.6. The molecular formula is C9H17NO4S. The lowest BCUT2D eigenvalue weighted by molar-refractivity contribution is -0.138. The molecule has 3 N–H and O–H groups in total. The quantitative estimate of drug-likeness (QED) is 0.247. The molecule has 2 unspecified atom stereocenters. The van der Waals surface area contributed by atoms with E-state index in [1.54, 1.807) is 6.08 Å². The van der Waals surface area contributed by atoms with Gasteiger partial charge in [-0.3, -0.25) is 4.79 Å². The van der Waals surface area contributed by atoms with Crippen molar-refractivity contribution in [2.45, 2.75) is 12.1 Å². The van der Waals surface area contributed by atoms with Gasteiger partial charge in [0.25, 0.3) is 0 Å². The zero-order valence-corrected chi connectivity index (χ0v) is 9.32. The van der Waals surface area contributed by atoms with E-state index in [0.717, 1.165) is 0 Å². The van der Waals surface area contributed by atoms with Crippen LogP contribution in [0.15, 0.2) is 12.7 Å². The zero-order chi connectivity index (χ0) is 11.7. The van der Waals surface area contributed by atoms with Crippen molar-refractivity contribution >= 4 is 18.6 Å². The van der Waals surface area contributed by atoms with Crippen LogP contribution in [0.4, 0.5) is 0 Å². The van der Waals surface area contributed by atoms with Gasteiger partial charge in [-0.25, -0.2) is 0 Å². The second-order valence-corrected chi connectivity index (χ2v) is 3.33. The number of carbonyl (C=O) groups is 1. The smallest absolute Gasteiger partial charge is 0.321 e. The molecule has 2 atom stereocenters. The Labute approximate surface area is 94.5 Å². The minimum absolute atomic E-state index is 0.151. The van der Waals surface area contributed by atoms with Crippen LogP contribution in [0.2, 0.25) is 0 Å². The van der Waals surface area contributed by atoms with Crippen LogP contribution in [-0.2, 0) is 9.53 Å². The second-order valence-electron chi connectivity index (χ2n) is 2.96. The second kappa shape index (κ2) is 8.72. The number of hydrogen-bond donors (Lipinski definition) is 4. The van der Waals surface area contributed by atoms with Crippen molar-refractivity contribution in [3.63, 3.8) is 0 Å². The molecule has 15 heavy (non-hydrogen) atoms. The molecule has 88 valence electrons. The van der Waals surface area contributed by atoms with E-state index < -0.39 is 18.1 Å². The molecule has 0 aromatic carbocycles. The van der Waals surface area contributed by atoms with Crippen LogP contribution in [0.5, 0.6) is 0 Å². The predicted molar refractivity (Wildman–Crippen MR) is 60.3 cm³/mol. The van der Waals surface area contributed by atoms with Crippen molar-refractivity contribution in [3.8, 4) is 0 Å². The van der Waals surface area contributed by atoms with Crippen molar-refractivity contribution in [1.82, 2.24) is 5.32 Å². The maximum Gasteiger partial charge on any atom is 0.321 e. The van der Waals surface area contributed by atoms with Gasteiger partial charge in [0.2, 0.25) is 0 Å². The molecule has 0 heterocycles. The van der Waals surface area contributed by atoms with Crippen LogP contribution in [0, 0.1) is 0 Å².